The van der Waals surface area contributed by atoms with E-state index >= 15 is 0 Å². The highest BCUT2D eigenvalue weighted by molar-refractivity contribution is 7.99. The van der Waals surface area contributed by atoms with Crippen molar-refractivity contribution in [2.75, 3.05) is 18.1 Å². The van der Waals surface area contributed by atoms with Crippen molar-refractivity contribution in [2.24, 2.45) is 11.7 Å². The molecular weight excluding hydrogens is 244 g/mol. The van der Waals surface area contributed by atoms with Crippen LogP contribution in [0.1, 0.15) is 34.1 Å². The van der Waals surface area contributed by atoms with Gasteiger partial charge in [-0.2, -0.15) is 11.8 Å². The summed E-state index contributed by atoms with van der Waals surface area (Å²) in [7, 11) is 0. The fourth-order valence-corrected chi connectivity index (χ4v) is 1.93. The Labute approximate surface area is 110 Å². The molecule has 0 heterocycles. The van der Waals surface area contributed by atoms with Crippen LogP contribution in [0.3, 0.4) is 0 Å². The van der Waals surface area contributed by atoms with Crippen molar-refractivity contribution in [3.05, 3.63) is 0 Å². The van der Waals surface area contributed by atoms with E-state index < -0.39 is 0 Å². The number of nitrogens with two attached hydrogens (primary N) is 1. The van der Waals surface area contributed by atoms with Crippen molar-refractivity contribution in [2.45, 2.75) is 39.7 Å². The van der Waals surface area contributed by atoms with Gasteiger partial charge >= 0.3 is 0 Å². The lowest BCUT2D eigenvalue weighted by molar-refractivity contribution is -0.118. The minimum Gasteiger partial charge on any atom is -0.354 e. The molecule has 0 aliphatic rings. The monoisotopic (exact) mass is 268 g/mol. The van der Waals surface area contributed by atoms with Gasteiger partial charge in [-0.15, -0.1) is 12.4 Å². The van der Waals surface area contributed by atoms with Crippen molar-refractivity contribution in [1.29, 1.82) is 0 Å². The maximum atomic E-state index is 11.3. The average Bonchev–Trinajstić information content (AvgIpc) is 2.07. The lowest BCUT2D eigenvalue weighted by atomic mass is 10.1. The van der Waals surface area contributed by atoms with Gasteiger partial charge in [0.15, 0.2) is 0 Å². The summed E-state index contributed by atoms with van der Waals surface area (Å²) in [6.45, 7) is 8.73. The SMILES string of the molecule is CC(C)CCSCC(=O)NCC(C)(C)N.Cl. The molecular formula is C11H25ClN2OS. The highest BCUT2D eigenvalue weighted by Gasteiger charge is 2.11. The minimum absolute atomic E-state index is 0. The second-order valence-corrected chi connectivity index (χ2v) is 6.11. The van der Waals surface area contributed by atoms with Crippen LogP contribution in [0.5, 0.6) is 0 Å². The van der Waals surface area contributed by atoms with Gasteiger partial charge in [-0.1, -0.05) is 13.8 Å². The summed E-state index contributed by atoms with van der Waals surface area (Å²) < 4.78 is 0. The maximum absolute atomic E-state index is 11.3. The molecule has 0 fully saturated rings. The molecule has 1 amide bonds. The first-order chi connectivity index (χ1) is 6.81. The van der Waals surface area contributed by atoms with E-state index in [1.807, 2.05) is 13.8 Å². The topological polar surface area (TPSA) is 55.1 Å². The molecule has 0 aliphatic heterocycles. The Kier molecular flexibility index (Phi) is 10.5. The van der Waals surface area contributed by atoms with Crippen molar-refractivity contribution < 1.29 is 4.79 Å². The Morgan fingerprint density at radius 3 is 2.44 bits per heavy atom. The largest absolute Gasteiger partial charge is 0.354 e. The van der Waals surface area contributed by atoms with Gasteiger partial charge in [0.1, 0.15) is 0 Å². The van der Waals surface area contributed by atoms with E-state index in [4.69, 9.17) is 5.73 Å². The molecule has 0 unspecified atom stereocenters. The Bertz CT molecular complexity index is 193. The van der Waals surface area contributed by atoms with Crippen LogP contribution in [-0.4, -0.2) is 29.5 Å². The van der Waals surface area contributed by atoms with Gasteiger partial charge in [-0.05, 0) is 31.9 Å². The predicted octanol–water partition coefficient (Wildman–Crippen LogP) is 2.04. The van der Waals surface area contributed by atoms with Crippen LogP contribution >= 0.6 is 24.2 Å². The Morgan fingerprint density at radius 1 is 1.44 bits per heavy atom. The molecule has 0 rings (SSSR count). The summed E-state index contributed by atoms with van der Waals surface area (Å²) in [4.78, 5) is 11.3. The lowest BCUT2D eigenvalue weighted by Gasteiger charge is -2.18. The summed E-state index contributed by atoms with van der Waals surface area (Å²) >= 11 is 1.69. The van der Waals surface area contributed by atoms with E-state index in [1.54, 1.807) is 11.8 Å². The van der Waals surface area contributed by atoms with Crippen LogP contribution in [0.4, 0.5) is 0 Å². The fourth-order valence-electron chi connectivity index (χ4n) is 0.861. The molecule has 0 bridgehead atoms. The molecule has 0 atom stereocenters. The quantitative estimate of drug-likeness (QED) is 0.695. The normalized spacial score (nSPS) is 11.1. The summed E-state index contributed by atoms with van der Waals surface area (Å²) in [5.41, 5.74) is 5.44. The molecule has 98 valence electrons. The molecule has 3 N–H and O–H groups in total. The molecule has 0 aromatic heterocycles. The van der Waals surface area contributed by atoms with Crippen LogP contribution < -0.4 is 11.1 Å². The zero-order valence-corrected chi connectivity index (χ0v) is 12.3. The van der Waals surface area contributed by atoms with E-state index in [-0.39, 0.29) is 23.9 Å². The van der Waals surface area contributed by atoms with E-state index in [0.717, 1.165) is 5.75 Å². The summed E-state index contributed by atoms with van der Waals surface area (Å²) in [5.74, 6) is 2.39. The standard InChI is InChI=1S/C11H24N2OS.ClH/c1-9(2)5-6-15-7-10(14)13-8-11(3,4)12;/h9H,5-8,12H2,1-4H3,(H,13,14);1H. The van der Waals surface area contributed by atoms with E-state index in [9.17, 15) is 4.79 Å². The molecule has 16 heavy (non-hydrogen) atoms. The summed E-state index contributed by atoms with van der Waals surface area (Å²) in [6.07, 6.45) is 1.17. The van der Waals surface area contributed by atoms with Crippen LogP contribution in [0.15, 0.2) is 0 Å². The second kappa shape index (κ2) is 9.14. The van der Waals surface area contributed by atoms with Gasteiger partial charge in [0.25, 0.3) is 0 Å². The number of halogens is 1. The molecule has 0 aromatic carbocycles. The summed E-state index contributed by atoms with van der Waals surface area (Å²) in [6, 6.07) is 0. The molecule has 0 radical (unpaired) electrons. The van der Waals surface area contributed by atoms with E-state index in [1.165, 1.54) is 6.42 Å². The number of amides is 1. The first-order valence-corrected chi connectivity index (χ1v) is 6.60. The first-order valence-electron chi connectivity index (χ1n) is 5.44. The predicted molar refractivity (Wildman–Crippen MR) is 75.3 cm³/mol. The number of hydrogen-bond donors (Lipinski definition) is 2. The highest BCUT2D eigenvalue weighted by Crippen LogP contribution is 2.08. The Morgan fingerprint density at radius 2 is 2.00 bits per heavy atom. The van der Waals surface area contributed by atoms with E-state index in [0.29, 0.717) is 18.2 Å². The molecule has 0 aromatic rings. The van der Waals surface area contributed by atoms with Crippen molar-refractivity contribution in [3.8, 4) is 0 Å². The minimum atomic E-state index is -0.321. The zero-order chi connectivity index (χ0) is 11.9. The Balaban J connectivity index is 0. The first kappa shape index (κ1) is 18.4. The number of carbonyl (C=O) groups is 1. The third-order valence-electron chi connectivity index (χ3n) is 1.81. The van der Waals surface area contributed by atoms with Gasteiger partial charge in [0.2, 0.25) is 5.91 Å². The molecule has 0 spiro atoms. The van der Waals surface area contributed by atoms with Crippen LogP contribution in [0.25, 0.3) is 0 Å². The number of nitrogens with one attached hydrogen (secondary N) is 1. The van der Waals surface area contributed by atoms with Crippen LogP contribution in [-0.2, 0) is 4.79 Å². The molecule has 0 saturated carbocycles. The zero-order valence-electron chi connectivity index (χ0n) is 10.7. The highest BCUT2D eigenvalue weighted by atomic mass is 35.5. The second-order valence-electron chi connectivity index (χ2n) is 5.00. The summed E-state index contributed by atoms with van der Waals surface area (Å²) in [5, 5.41) is 2.83. The number of hydrogen-bond acceptors (Lipinski definition) is 3. The van der Waals surface area contributed by atoms with Gasteiger partial charge < -0.3 is 11.1 Å². The molecule has 0 aliphatic carbocycles. The van der Waals surface area contributed by atoms with Gasteiger partial charge in [-0.3, -0.25) is 4.79 Å². The van der Waals surface area contributed by atoms with Crippen LogP contribution in [0, 0.1) is 5.92 Å². The van der Waals surface area contributed by atoms with Crippen molar-refractivity contribution >= 4 is 30.1 Å². The third kappa shape index (κ3) is 14.1. The van der Waals surface area contributed by atoms with E-state index in [2.05, 4.69) is 19.2 Å². The van der Waals surface area contributed by atoms with Crippen LogP contribution in [0.2, 0.25) is 0 Å². The Hall–Kier alpha value is 0.0700. The van der Waals surface area contributed by atoms with Crippen molar-refractivity contribution in [3.63, 3.8) is 0 Å². The maximum Gasteiger partial charge on any atom is 0.230 e. The third-order valence-corrected chi connectivity index (χ3v) is 2.80. The van der Waals surface area contributed by atoms with Crippen molar-refractivity contribution in [1.82, 2.24) is 5.32 Å². The smallest absolute Gasteiger partial charge is 0.230 e. The lowest BCUT2D eigenvalue weighted by Crippen LogP contribution is -2.45. The van der Waals surface area contributed by atoms with Gasteiger partial charge in [-0.25, -0.2) is 0 Å². The number of thioether (sulfide) groups is 1. The molecule has 3 nitrogen and oxygen atoms in total. The van der Waals surface area contributed by atoms with Gasteiger partial charge in [0, 0.05) is 12.1 Å². The average molecular weight is 269 g/mol. The molecule has 5 heteroatoms. The molecule has 0 saturated heterocycles. The number of carbonyl (C=O) groups excluding carboxylic acids is 1. The number of rotatable bonds is 7. The fraction of sp³-hybridized carbons (Fsp3) is 0.909. The van der Waals surface area contributed by atoms with Gasteiger partial charge in [0.05, 0.1) is 5.75 Å².